The SMILES string of the molecule is COc1cc2c(cc1OC)[C@@H](C(=O)Nc1ccc(C)c(F)c1)[C@@H](c1ccc(SC)cc1)N(C)C2=O. The lowest BCUT2D eigenvalue weighted by Gasteiger charge is -2.40. The number of nitrogens with zero attached hydrogens (tertiary/aromatic N) is 1. The number of carbonyl (C=O) groups excluding carboxylic acids is 2. The van der Waals surface area contributed by atoms with E-state index in [4.69, 9.17) is 9.47 Å². The lowest BCUT2D eigenvalue weighted by atomic mass is 9.79. The fourth-order valence-corrected chi connectivity index (χ4v) is 4.85. The number of rotatable bonds is 6. The summed E-state index contributed by atoms with van der Waals surface area (Å²) in [4.78, 5) is 29.9. The fraction of sp³-hybridized carbons (Fsp3) is 0.259. The lowest BCUT2D eigenvalue weighted by Crippen LogP contribution is -2.44. The van der Waals surface area contributed by atoms with Crippen molar-refractivity contribution in [2.24, 2.45) is 0 Å². The topological polar surface area (TPSA) is 67.9 Å². The maximum Gasteiger partial charge on any atom is 0.254 e. The minimum absolute atomic E-state index is 0.231. The Balaban J connectivity index is 1.86. The first-order valence-electron chi connectivity index (χ1n) is 11.0. The molecule has 1 heterocycles. The Labute approximate surface area is 208 Å². The van der Waals surface area contributed by atoms with Crippen molar-refractivity contribution in [3.63, 3.8) is 0 Å². The van der Waals surface area contributed by atoms with E-state index in [-0.39, 0.29) is 11.8 Å². The molecule has 0 aromatic heterocycles. The van der Waals surface area contributed by atoms with Crippen molar-refractivity contribution < 1.29 is 23.5 Å². The van der Waals surface area contributed by atoms with Crippen molar-refractivity contribution in [3.05, 3.63) is 82.7 Å². The van der Waals surface area contributed by atoms with Crippen LogP contribution in [0.25, 0.3) is 0 Å². The second kappa shape index (κ2) is 10.00. The van der Waals surface area contributed by atoms with Gasteiger partial charge in [-0.1, -0.05) is 18.2 Å². The van der Waals surface area contributed by atoms with Crippen molar-refractivity contribution in [2.75, 3.05) is 32.8 Å². The van der Waals surface area contributed by atoms with Crippen LogP contribution in [-0.2, 0) is 4.79 Å². The van der Waals surface area contributed by atoms with Gasteiger partial charge >= 0.3 is 0 Å². The number of nitrogens with one attached hydrogen (secondary N) is 1. The van der Waals surface area contributed by atoms with Crippen LogP contribution in [0.4, 0.5) is 10.1 Å². The number of carbonyl (C=O) groups is 2. The quantitative estimate of drug-likeness (QED) is 0.464. The number of halogens is 1. The molecule has 1 aliphatic rings. The number of methoxy groups -OCH3 is 2. The Hall–Kier alpha value is -3.52. The Morgan fingerprint density at radius 3 is 2.29 bits per heavy atom. The normalized spacial score (nSPS) is 17.1. The van der Waals surface area contributed by atoms with Crippen molar-refractivity contribution >= 4 is 29.3 Å². The molecule has 2 amide bonds. The van der Waals surface area contributed by atoms with Crippen molar-refractivity contribution in [1.82, 2.24) is 4.90 Å². The molecular formula is C27H27FN2O4S. The molecule has 1 N–H and O–H groups in total. The van der Waals surface area contributed by atoms with Gasteiger partial charge in [-0.2, -0.15) is 0 Å². The molecule has 8 heteroatoms. The van der Waals surface area contributed by atoms with E-state index in [2.05, 4.69) is 5.32 Å². The minimum atomic E-state index is -0.781. The predicted molar refractivity (Wildman–Crippen MR) is 135 cm³/mol. The average Bonchev–Trinajstić information content (AvgIpc) is 2.87. The molecule has 0 bridgehead atoms. The highest BCUT2D eigenvalue weighted by Gasteiger charge is 2.43. The standard InChI is InChI=1S/C27H27FN2O4S/c1-15-6-9-17(12-21(15)28)29-26(31)24-19-13-22(33-3)23(34-4)14-20(19)27(32)30(2)25(24)16-7-10-18(35-5)11-8-16/h6-14,24-25H,1-5H3,(H,29,31)/t24-,25-/m1/s1. The molecule has 2 atom stereocenters. The summed E-state index contributed by atoms with van der Waals surface area (Å²) < 4.78 is 25.1. The van der Waals surface area contributed by atoms with E-state index in [0.717, 1.165) is 10.5 Å². The van der Waals surface area contributed by atoms with Gasteiger partial charge in [-0.15, -0.1) is 11.8 Å². The first-order chi connectivity index (χ1) is 16.8. The molecule has 6 nitrogen and oxygen atoms in total. The predicted octanol–water partition coefficient (Wildman–Crippen LogP) is 5.42. The number of ether oxygens (including phenoxy) is 2. The number of aryl methyl sites for hydroxylation is 1. The van der Waals surface area contributed by atoms with Gasteiger partial charge in [0.2, 0.25) is 5.91 Å². The molecule has 35 heavy (non-hydrogen) atoms. The molecule has 182 valence electrons. The maximum atomic E-state index is 14.2. The smallest absolute Gasteiger partial charge is 0.254 e. The van der Waals surface area contributed by atoms with E-state index in [9.17, 15) is 14.0 Å². The van der Waals surface area contributed by atoms with Crippen LogP contribution in [0.15, 0.2) is 59.5 Å². The van der Waals surface area contributed by atoms with Crippen LogP contribution in [0.5, 0.6) is 11.5 Å². The van der Waals surface area contributed by atoms with E-state index in [0.29, 0.717) is 33.9 Å². The fourth-order valence-electron chi connectivity index (χ4n) is 4.44. The third-order valence-corrected chi connectivity index (χ3v) is 7.10. The summed E-state index contributed by atoms with van der Waals surface area (Å²) in [7, 11) is 4.68. The molecule has 3 aromatic carbocycles. The Morgan fingerprint density at radius 2 is 1.69 bits per heavy atom. The van der Waals surface area contributed by atoms with E-state index in [1.54, 1.807) is 54.9 Å². The second-order valence-corrected chi connectivity index (χ2v) is 9.24. The van der Waals surface area contributed by atoms with Gasteiger partial charge in [-0.25, -0.2) is 4.39 Å². The van der Waals surface area contributed by atoms with Crippen LogP contribution in [0.2, 0.25) is 0 Å². The molecule has 0 saturated carbocycles. The number of benzene rings is 3. The first-order valence-corrected chi connectivity index (χ1v) is 12.3. The summed E-state index contributed by atoms with van der Waals surface area (Å²) in [5, 5.41) is 2.85. The third kappa shape index (κ3) is 4.58. The van der Waals surface area contributed by atoms with Gasteiger partial charge in [0, 0.05) is 23.2 Å². The van der Waals surface area contributed by atoms with Crippen LogP contribution in [-0.4, -0.2) is 44.2 Å². The molecule has 4 rings (SSSR count). The minimum Gasteiger partial charge on any atom is -0.493 e. The molecule has 0 radical (unpaired) electrons. The van der Waals surface area contributed by atoms with E-state index >= 15 is 0 Å². The number of thioether (sulfide) groups is 1. The summed E-state index contributed by atoms with van der Waals surface area (Å²) in [6, 6.07) is 15.1. The summed E-state index contributed by atoms with van der Waals surface area (Å²) in [6.45, 7) is 1.66. The third-order valence-electron chi connectivity index (χ3n) is 6.35. The molecule has 0 spiro atoms. The number of hydrogen-bond donors (Lipinski definition) is 1. The molecule has 0 aliphatic carbocycles. The summed E-state index contributed by atoms with van der Waals surface area (Å²) in [6.07, 6.45) is 1.98. The van der Waals surface area contributed by atoms with Crippen LogP contribution >= 0.6 is 11.8 Å². The van der Waals surface area contributed by atoms with Crippen molar-refractivity contribution in [3.8, 4) is 11.5 Å². The van der Waals surface area contributed by atoms with Gasteiger partial charge in [0.25, 0.3) is 5.91 Å². The Morgan fingerprint density at radius 1 is 1.03 bits per heavy atom. The Kier molecular flexibility index (Phi) is 7.03. The summed E-state index contributed by atoms with van der Waals surface area (Å²) in [5.41, 5.74) is 2.53. The molecule has 3 aromatic rings. The zero-order valence-corrected chi connectivity index (χ0v) is 21.0. The highest BCUT2D eigenvalue weighted by molar-refractivity contribution is 7.98. The van der Waals surface area contributed by atoms with Gasteiger partial charge in [0.05, 0.1) is 26.2 Å². The zero-order valence-electron chi connectivity index (χ0n) is 20.2. The lowest BCUT2D eigenvalue weighted by molar-refractivity contribution is -0.119. The number of likely N-dealkylation sites (N-methyl/N-ethyl adjacent to an activating group) is 1. The molecule has 0 unspecified atom stereocenters. The van der Waals surface area contributed by atoms with Crippen molar-refractivity contribution in [2.45, 2.75) is 23.8 Å². The molecular weight excluding hydrogens is 467 g/mol. The van der Waals surface area contributed by atoms with Gasteiger partial charge in [-0.3, -0.25) is 9.59 Å². The highest BCUT2D eigenvalue weighted by atomic mass is 32.2. The van der Waals surface area contributed by atoms with Gasteiger partial charge in [0.15, 0.2) is 11.5 Å². The average molecular weight is 495 g/mol. The van der Waals surface area contributed by atoms with Gasteiger partial charge in [-0.05, 0) is 66.3 Å². The zero-order chi connectivity index (χ0) is 25.3. The van der Waals surface area contributed by atoms with Crippen LogP contribution in [0.3, 0.4) is 0 Å². The summed E-state index contributed by atoms with van der Waals surface area (Å²) in [5.74, 6) is -0.966. The number of amides is 2. The summed E-state index contributed by atoms with van der Waals surface area (Å²) >= 11 is 1.61. The highest BCUT2D eigenvalue weighted by Crippen LogP contribution is 2.46. The molecule has 1 aliphatic heterocycles. The van der Waals surface area contributed by atoms with Crippen molar-refractivity contribution in [1.29, 1.82) is 0 Å². The van der Waals surface area contributed by atoms with Crippen LogP contribution < -0.4 is 14.8 Å². The van der Waals surface area contributed by atoms with Gasteiger partial charge < -0.3 is 19.7 Å². The monoisotopic (exact) mass is 494 g/mol. The second-order valence-electron chi connectivity index (χ2n) is 8.36. The van der Waals surface area contributed by atoms with Crippen LogP contribution in [0, 0.1) is 12.7 Å². The van der Waals surface area contributed by atoms with Crippen LogP contribution in [0.1, 0.15) is 39.0 Å². The molecule has 0 saturated heterocycles. The largest absolute Gasteiger partial charge is 0.493 e. The Bertz CT molecular complexity index is 1280. The maximum absolute atomic E-state index is 14.2. The van der Waals surface area contributed by atoms with E-state index in [1.165, 1.54) is 20.3 Å². The number of fused-ring (bicyclic) bond motifs is 1. The van der Waals surface area contributed by atoms with E-state index in [1.807, 2.05) is 30.5 Å². The van der Waals surface area contributed by atoms with E-state index < -0.39 is 17.8 Å². The first kappa shape index (κ1) is 24.6. The van der Waals surface area contributed by atoms with Gasteiger partial charge in [0.1, 0.15) is 5.82 Å². The number of hydrogen-bond acceptors (Lipinski definition) is 5. The number of anilines is 1. The molecule has 0 fully saturated rings.